The third-order valence-corrected chi connectivity index (χ3v) is 4.52. The summed E-state index contributed by atoms with van der Waals surface area (Å²) in [5.41, 5.74) is 0. The number of hydrogen-bond donors (Lipinski definition) is 1. The Labute approximate surface area is 147 Å². The van der Waals surface area contributed by atoms with Gasteiger partial charge < -0.3 is 24.1 Å². The van der Waals surface area contributed by atoms with Gasteiger partial charge in [-0.1, -0.05) is 0 Å². The molecule has 0 bridgehead atoms. The van der Waals surface area contributed by atoms with Crippen molar-refractivity contribution in [2.45, 2.75) is 31.8 Å². The normalized spacial score (nSPS) is 17.9. The van der Waals surface area contributed by atoms with E-state index >= 15 is 0 Å². The molecule has 1 N–H and O–H groups in total. The minimum atomic E-state index is -0.0585. The van der Waals surface area contributed by atoms with E-state index in [0.29, 0.717) is 13.1 Å². The summed E-state index contributed by atoms with van der Waals surface area (Å²) in [5, 5.41) is 11.6. The molecule has 136 valence electrons. The molecule has 1 atom stereocenters. The first kappa shape index (κ1) is 17.5. The van der Waals surface area contributed by atoms with Gasteiger partial charge in [0.1, 0.15) is 17.4 Å². The summed E-state index contributed by atoms with van der Waals surface area (Å²) in [5.74, 6) is 2.87. The van der Waals surface area contributed by atoms with Crippen LogP contribution in [0.15, 0.2) is 22.8 Å². The predicted molar refractivity (Wildman–Crippen MR) is 92.9 cm³/mol. The number of likely N-dealkylation sites (tertiary alicyclic amines) is 1. The summed E-state index contributed by atoms with van der Waals surface area (Å²) in [4.78, 5) is 16.4. The van der Waals surface area contributed by atoms with Crippen LogP contribution in [-0.4, -0.2) is 57.8 Å². The molecule has 0 aliphatic carbocycles. The zero-order valence-electron chi connectivity index (χ0n) is 15.1. The van der Waals surface area contributed by atoms with Crippen LogP contribution in [0.3, 0.4) is 0 Å². The summed E-state index contributed by atoms with van der Waals surface area (Å²) in [6, 6.07) is 3.61. The first-order chi connectivity index (χ1) is 12.0. The lowest BCUT2D eigenvalue weighted by Gasteiger charge is -2.32. The number of furan rings is 1. The maximum Gasteiger partial charge on any atom is 0.317 e. The average Bonchev–Trinajstić information content (AvgIpc) is 3.23. The number of piperidine rings is 1. The van der Waals surface area contributed by atoms with Crippen molar-refractivity contribution in [1.29, 1.82) is 0 Å². The molecule has 2 aromatic rings. The lowest BCUT2D eigenvalue weighted by Crippen LogP contribution is -2.45. The van der Waals surface area contributed by atoms with Gasteiger partial charge in [-0.15, -0.1) is 10.2 Å². The molecule has 1 aliphatic heterocycles. The van der Waals surface area contributed by atoms with Gasteiger partial charge in [0.25, 0.3) is 0 Å². The van der Waals surface area contributed by atoms with E-state index in [1.165, 1.54) is 0 Å². The van der Waals surface area contributed by atoms with Crippen LogP contribution in [0.1, 0.15) is 36.2 Å². The Morgan fingerprint density at radius 3 is 3.00 bits per heavy atom. The molecule has 0 radical (unpaired) electrons. The summed E-state index contributed by atoms with van der Waals surface area (Å²) < 4.78 is 7.32. The van der Waals surface area contributed by atoms with Gasteiger partial charge in [0.05, 0.1) is 19.4 Å². The highest BCUT2D eigenvalue weighted by atomic mass is 16.3. The number of carbonyl (C=O) groups is 1. The van der Waals surface area contributed by atoms with Crippen LogP contribution in [0.25, 0.3) is 0 Å². The van der Waals surface area contributed by atoms with E-state index in [1.54, 1.807) is 6.26 Å². The fourth-order valence-corrected chi connectivity index (χ4v) is 3.21. The Morgan fingerprint density at radius 2 is 2.28 bits per heavy atom. The van der Waals surface area contributed by atoms with E-state index in [0.717, 1.165) is 43.3 Å². The van der Waals surface area contributed by atoms with Crippen molar-refractivity contribution in [2.75, 3.05) is 27.2 Å². The van der Waals surface area contributed by atoms with Gasteiger partial charge in [-0.25, -0.2) is 4.79 Å². The number of nitrogens with one attached hydrogen (secondary N) is 1. The highest BCUT2D eigenvalue weighted by Crippen LogP contribution is 2.26. The van der Waals surface area contributed by atoms with Crippen LogP contribution in [0.2, 0.25) is 0 Å². The number of amides is 2. The number of nitrogens with zero attached hydrogens (tertiary/aromatic N) is 5. The third-order valence-electron chi connectivity index (χ3n) is 4.52. The average molecular weight is 346 g/mol. The molecule has 1 saturated heterocycles. The van der Waals surface area contributed by atoms with Crippen LogP contribution in [-0.2, 0) is 20.1 Å². The molecule has 1 unspecified atom stereocenters. The third kappa shape index (κ3) is 4.19. The van der Waals surface area contributed by atoms with Gasteiger partial charge in [-0.3, -0.25) is 0 Å². The van der Waals surface area contributed by atoms with E-state index in [1.807, 2.05) is 38.2 Å². The lowest BCUT2D eigenvalue weighted by atomic mass is 9.97. The Balaban J connectivity index is 1.61. The number of aromatic nitrogens is 3. The van der Waals surface area contributed by atoms with Gasteiger partial charge in [0.2, 0.25) is 0 Å². The number of rotatable bonds is 5. The molecule has 1 fully saturated rings. The number of hydrogen-bond acceptors (Lipinski definition) is 5. The van der Waals surface area contributed by atoms with Crippen molar-refractivity contribution in [1.82, 2.24) is 29.9 Å². The molecule has 25 heavy (non-hydrogen) atoms. The zero-order chi connectivity index (χ0) is 17.8. The minimum absolute atomic E-state index is 0.0585. The van der Waals surface area contributed by atoms with Gasteiger partial charge in [0.15, 0.2) is 0 Å². The largest absolute Gasteiger partial charge is 0.467 e. The van der Waals surface area contributed by atoms with E-state index in [-0.39, 0.29) is 11.9 Å². The van der Waals surface area contributed by atoms with Gasteiger partial charge in [-0.2, -0.15) is 0 Å². The molecule has 0 spiro atoms. The molecule has 8 heteroatoms. The Morgan fingerprint density at radius 1 is 1.44 bits per heavy atom. The predicted octanol–water partition coefficient (Wildman–Crippen LogP) is 1.56. The van der Waals surface area contributed by atoms with Crippen LogP contribution in [0.4, 0.5) is 4.79 Å². The quantitative estimate of drug-likeness (QED) is 0.889. The molecule has 3 heterocycles. The van der Waals surface area contributed by atoms with Crippen molar-refractivity contribution in [2.24, 2.45) is 7.05 Å². The second-order valence-electron chi connectivity index (χ2n) is 6.79. The smallest absolute Gasteiger partial charge is 0.317 e. The monoisotopic (exact) mass is 346 g/mol. The maximum atomic E-state index is 12.4. The zero-order valence-corrected chi connectivity index (χ0v) is 15.1. The SMILES string of the molecule is CN(C)Cc1nnc(C2CCCN(C(=O)NCc3ccco3)C2)n1C. The molecule has 0 saturated carbocycles. The summed E-state index contributed by atoms with van der Waals surface area (Å²) in [7, 11) is 6.03. The maximum absolute atomic E-state index is 12.4. The summed E-state index contributed by atoms with van der Waals surface area (Å²) in [6.45, 7) is 2.59. The Bertz CT molecular complexity index is 694. The molecule has 2 amide bonds. The molecule has 0 aromatic carbocycles. The Hall–Kier alpha value is -2.35. The molecule has 1 aliphatic rings. The van der Waals surface area contributed by atoms with Crippen molar-refractivity contribution >= 4 is 6.03 Å². The van der Waals surface area contributed by atoms with E-state index in [9.17, 15) is 4.79 Å². The van der Waals surface area contributed by atoms with Crippen molar-refractivity contribution in [3.05, 3.63) is 35.8 Å². The molecular formula is C17H26N6O2. The first-order valence-corrected chi connectivity index (χ1v) is 8.62. The number of carbonyl (C=O) groups excluding carboxylic acids is 1. The highest BCUT2D eigenvalue weighted by Gasteiger charge is 2.28. The van der Waals surface area contributed by atoms with Crippen LogP contribution in [0, 0.1) is 0 Å². The highest BCUT2D eigenvalue weighted by molar-refractivity contribution is 5.74. The van der Waals surface area contributed by atoms with Crippen LogP contribution < -0.4 is 5.32 Å². The van der Waals surface area contributed by atoms with E-state index in [4.69, 9.17) is 4.42 Å². The summed E-state index contributed by atoms with van der Waals surface area (Å²) >= 11 is 0. The molecular weight excluding hydrogens is 320 g/mol. The molecule has 2 aromatic heterocycles. The fourth-order valence-electron chi connectivity index (χ4n) is 3.21. The summed E-state index contributed by atoms with van der Waals surface area (Å²) in [6.07, 6.45) is 3.60. The van der Waals surface area contributed by atoms with Crippen molar-refractivity contribution < 1.29 is 9.21 Å². The number of urea groups is 1. The topological polar surface area (TPSA) is 79.4 Å². The second kappa shape index (κ2) is 7.69. The van der Waals surface area contributed by atoms with Crippen LogP contribution in [0.5, 0.6) is 0 Å². The molecule has 3 rings (SSSR count). The van der Waals surface area contributed by atoms with Crippen LogP contribution >= 0.6 is 0 Å². The molecule has 8 nitrogen and oxygen atoms in total. The first-order valence-electron chi connectivity index (χ1n) is 8.62. The lowest BCUT2D eigenvalue weighted by molar-refractivity contribution is 0.176. The van der Waals surface area contributed by atoms with Gasteiger partial charge in [-0.05, 0) is 39.1 Å². The van der Waals surface area contributed by atoms with Gasteiger partial charge >= 0.3 is 6.03 Å². The van der Waals surface area contributed by atoms with Gasteiger partial charge in [0, 0.05) is 26.1 Å². The van der Waals surface area contributed by atoms with Crippen molar-refractivity contribution in [3.8, 4) is 0 Å². The minimum Gasteiger partial charge on any atom is -0.467 e. The van der Waals surface area contributed by atoms with E-state index in [2.05, 4.69) is 25.0 Å². The van der Waals surface area contributed by atoms with Crippen molar-refractivity contribution in [3.63, 3.8) is 0 Å². The second-order valence-corrected chi connectivity index (χ2v) is 6.79. The standard InChI is InChI=1S/C17H26N6O2/c1-21(2)12-15-19-20-16(22(15)3)13-6-4-8-23(11-13)17(24)18-10-14-7-5-9-25-14/h5,7,9,13H,4,6,8,10-12H2,1-3H3,(H,18,24). The Kier molecular flexibility index (Phi) is 5.37. The fraction of sp³-hybridized carbons (Fsp3) is 0.588. The van der Waals surface area contributed by atoms with E-state index < -0.39 is 0 Å².